The molecular formula is C13H21NO. The molecule has 3 N–H and O–H groups in total. The maximum atomic E-state index is 10.0. The number of rotatable bonds is 4. The van der Waals surface area contributed by atoms with Gasteiger partial charge in [0.2, 0.25) is 0 Å². The van der Waals surface area contributed by atoms with Crippen molar-refractivity contribution < 1.29 is 5.11 Å². The molecule has 1 aromatic carbocycles. The fourth-order valence-corrected chi connectivity index (χ4v) is 1.74. The average molecular weight is 207 g/mol. The summed E-state index contributed by atoms with van der Waals surface area (Å²) in [5.41, 5.74) is 9.17. The van der Waals surface area contributed by atoms with Crippen LogP contribution in [0.2, 0.25) is 0 Å². The predicted octanol–water partition coefficient (Wildman–Crippen LogP) is 2.19. The summed E-state index contributed by atoms with van der Waals surface area (Å²) in [6.45, 7) is 6.05. The zero-order valence-electron chi connectivity index (χ0n) is 9.83. The first-order valence-corrected chi connectivity index (χ1v) is 5.65. The van der Waals surface area contributed by atoms with Crippen molar-refractivity contribution in [2.45, 2.75) is 45.8 Å². The second-order valence-corrected chi connectivity index (χ2v) is 4.04. The van der Waals surface area contributed by atoms with Gasteiger partial charge < -0.3 is 10.8 Å². The minimum atomic E-state index is -0.550. The Bertz CT molecular complexity index is 320. The summed E-state index contributed by atoms with van der Waals surface area (Å²) < 4.78 is 0. The van der Waals surface area contributed by atoms with E-state index in [9.17, 15) is 5.11 Å². The molecule has 0 bridgehead atoms. The third-order valence-corrected chi connectivity index (χ3v) is 2.82. The topological polar surface area (TPSA) is 46.2 Å². The van der Waals surface area contributed by atoms with Gasteiger partial charge in [0, 0.05) is 6.04 Å². The maximum Gasteiger partial charge on any atom is 0.0940 e. The first-order chi connectivity index (χ1) is 7.10. The van der Waals surface area contributed by atoms with Gasteiger partial charge in [-0.05, 0) is 36.5 Å². The van der Waals surface area contributed by atoms with Crippen LogP contribution >= 0.6 is 0 Å². The first-order valence-electron chi connectivity index (χ1n) is 5.65. The van der Waals surface area contributed by atoms with Crippen molar-refractivity contribution in [2.75, 3.05) is 0 Å². The number of nitrogens with two attached hydrogens (primary N) is 1. The lowest BCUT2D eigenvalue weighted by atomic mass is 9.94. The number of aryl methyl sites for hydroxylation is 2. The van der Waals surface area contributed by atoms with Crippen LogP contribution in [0.15, 0.2) is 18.2 Å². The molecule has 2 nitrogen and oxygen atoms in total. The van der Waals surface area contributed by atoms with Crippen LogP contribution in [0.1, 0.15) is 43.6 Å². The molecule has 1 aromatic rings. The van der Waals surface area contributed by atoms with Crippen molar-refractivity contribution in [3.63, 3.8) is 0 Å². The van der Waals surface area contributed by atoms with E-state index in [2.05, 4.69) is 32.0 Å². The zero-order valence-corrected chi connectivity index (χ0v) is 9.83. The van der Waals surface area contributed by atoms with Crippen molar-refractivity contribution >= 4 is 0 Å². The lowest BCUT2D eigenvalue weighted by Crippen LogP contribution is -2.25. The Labute approximate surface area is 92.1 Å². The summed E-state index contributed by atoms with van der Waals surface area (Å²) in [4.78, 5) is 0. The summed E-state index contributed by atoms with van der Waals surface area (Å²) in [6, 6.07) is 6.07. The van der Waals surface area contributed by atoms with E-state index in [4.69, 9.17) is 5.73 Å². The Morgan fingerprint density at radius 2 is 1.93 bits per heavy atom. The van der Waals surface area contributed by atoms with E-state index in [1.807, 2.05) is 6.92 Å². The van der Waals surface area contributed by atoms with Gasteiger partial charge >= 0.3 is 0 Å². The highest BCUT2D eigenvalue weighted by Crippen LogP contribution is 2.22. The van der Waals surface area contributed by atoms with Crippen molar-refractivity contribution in [1.29, 1.82) is 0 Å². The van der Waals surface area contributed by atoms with E-state index in [1.54, 1.807) is 0 Å². The number of benzene rings is 1. The molecule has 0 saturated carbocycles. The molecule has 0 spiro atoms. The van der Waals surface area contributed by atoms with Crippen molar-refractivity contribution in [3.05, 3.63) is 34.9 Å². The molecule has 0 heterocycles. The Hall–Kier alpha value is -0.860. The van der Waals surface area contributed by atoms with E-state index < -0.39 is 6.10 Å². The summed E-state index contributed by atoms with van der Waals surface area (Å²) in [6.07, 6.45) is 1.37. The summed E-state index contributed by atoms with van der Waals surface area (Å²) >= 11 is 0. The van der Waals surface area contributed by atoms with Crippen LogP contribution in [0.5, 0.6) is 0 Å². The maximum absolute atomic E-state index is 10.0. The Morgan fingerprint density at radius 3 is 2.40 bits per heavy atom. The van der Waals surface area contributed by atoms with Crippen molar-refractivity contribution in [3.8, 4) is 0 Å². The SMILES string of the molecule is CCc1ccc(CC)c(C(O)C(C)N)c1. The molecule has 2 heteroatoms. The van der Waals surface area contributed by atoms with Gasteiger partial charge in [0.25, 0.3) is 0 Å². The monoisotopic (exact) mass is 207 g/mol. The van der Waals surface area contributed by atoms with Crippen LogP contribution in [0.3, 0.4) is 0 Å². The summed E-state index contributed by atoms with van der Waals surface area (Å²) in [7, 11) is 0. The predicted molar refractivity (Wildman–Crippen MR) is 63.8 cm³/mol. The zero-order chi connectivity index (χ0) is 11.4. The molecular weight excluding hydrogens is 186 g/mol. The van der Waals surface area contributed by atoms with Crippen LogP contribution in [0.25, 0.3) is 0 Å². The number of hydrogen-bond donors (Lipinski definition) is 2. The van der Waals surface area contributed by atoms with E-state index in [0.29, 0.717) is 0 Å². The molecule has 0 radical (unpaired) electrons. The van der Waals surface area contributed by atoms with Crippen LogP contribution in [-0.2, 0) is 12.8 Å². The second kappa shape index (κ2) is 5.29. The molecule has 2 atom stereocenters. The average Bonchev–Trinajstić information content (AvgIpc) is 2.27. The summed E-state index contributed by atoms with van der Waals surface area (Å²) in [5, 5.41) is 10.0. The highest BCUT2D eigenvalue weighted by molar-refractivity contribution is 5.34. The molecule has 0 aromatic heterocycles. The fraction of sp³-hybridized carbons (Fsp3) is 0.538. The third kappa shape index (κ3) is 2.80. The molecule has 84 valence electrons. The molecule has 1 rings (SSSR count). The molecule has 0 amide bonds. The quantitative estimate of drug-likeness (QED) is 0.795. The van der Waals surface area contributed by atoms with Gasteiger partial charge in [0.05, 0.1) is 6.10 Å². The number of aliphatic hydroxyl groups excluding tert-OH is 1. The van der Waals surface area contributed by atoms with E-state index in [-0.39, 0.29) is 6.04 Å². The normalized spacial score (nSPS) is 15.0. The largest absolute Gasteiger partial charge is 0.387 e. The van der Waals surface area contributed by atoms with Gasteiger partial charge in [-0.25, -0.2) is 0 Å². The van der Waals surface area contributed by atoms with E-state index in [0.717, 1.165) is 18.4 Å². The molecule has 0 fully saturated rings. The van der Waals surface area contributed by atoms with Crippen LogP contribution in [-0.4, -0.2) is 11.1 Å². The fourth-order valence-electron chi connectivity index (χ4n) is 1.74. The minimum Gasteiger partial charge on any atom is -0.387 e. The van der Waals surface area contributed by atoms with Gasteiger partial charge in [-0.15, -0.1) is 0 Å². The summed E-state index contributed by atoms with van der Waals surface area (Å²) in [5.74, 6) is 0. The Kier molecular flexibility index (Phi) is 4.30. The standard InChI is InChI=1S/C13H21NO/c1-4-10-6-7-11(5-2)12(8-10)13(15)9(3)14/h6-9,13,15H,4-5,14H2,1-3H3. The van der Waals surface area contributed by atoms with Gasteiger partial charge in [0.1, 0.15) is 0 Å². The van der Waals surface area contributed by atoms with Crippen molar-refractivity contribution in [2.24, 2.45) is 5.73 Å². The van der Waals surface area contributed by atoms with Gasteiger partial charge in [0.15, 0.2) is 0 Å². The highest BCUT2D eigenvalue weighted by Gasteiger charge is 2.15. The molecule has 0 aliphatic rings. The van der Waals surface area contributed by atoms with Gasteiger partial charge in [-0.1, -0.05) is 32.0 Å². The number of aliphatic hydroxyl groups is 1. The lowest BCUT2D eigenvalue weighted by molar-refractivity contribution is 0.152. The number of hydrogen-bond acceptors (Lipinski definition) is 2. The molecule has 2 unspecified atom stereocenters. The van der Waals surface area contributed by atoms with Crippen LogP contribution in [0, 0.1) is 0 Å². The molecule has 15 heavy (non-hydrogen) atoms. The molecule has 0 aliphatic carbocycles. The molecule has 0 saturated heterocycles. The van der Waals surface area contributed by atoms with Crippen LogP contribution < -0.4 is 5.73 Å². The smallest absolute Gasteiger partial charge is 0.0940 e. The molecule has 0 aliphatic heterocycles. The van der Waals surface area contributed by atoms with Crippen molar-refractivity contribution in [1.82, 2.24) is 0 Å². The van der Waals surface area contributed by atoms with Gasteiger partial charge in [-0.2, -0.15) is 0 Å². The third-order valence-electron chi connectivity index (χ3n) is 2.82. The Morgan fingerprint density at radius 1 is 1.27 bits per heavy atom. The van der Waals surface area contributed by atoms with Gasteiger partial charge in [-0.3, -0.25) is 0 Å². The highest BCUT2D eigenvalue weighted by atomic mass is 16.3. The Balaban J connectivity index is 3.11. The second-order valence-electron chi connectivity index (χ2n) is 4.04. The van der Waals surface area contributed by atoms with E-state index in [1.165, 1.54) is 11.1 Å². The first kappa shape index (κ1) is 12.2. The minimum absolute atomic E-state index is 0.220. The van der Waals surface area contributed by atoms with E-state index >= 15 is 0 Å². The lowest BCUT2D eigenvalue weighted by Gasteiger charge is -2.19. The van der Waals surface area contributed by atoms with Crippen LogP contribution in [0.4, 0.5) is 0 Å².